The first-order chi connectivity index (χ1) is 7.70. The average Bonchev–Trinajstić information content (AvgIpc) is 2.30. The van der Waals surface area contributed by atoms with E-state index in [0.717, 1.165) is 6.20 Å². The summed E-state index contributed by atoms with van der Waals surface area (Å²) in [5.74, 6) is -1.25. The van der Waals surface area contributed by atoms with Crippen LogP contribution in [0.1, 0.15) is 10.4 Å². The monoisotopic (exact) mass is 216 g/mol. The molecule has 2 rings (SSSR count). The van der Waals surface area contributed by atoms with Crippen LogP contribution in [-0.2, 0) is 0 Å². The lowest BCUT2D eigenvalue weighted by Crippen LogP contribution is -2.16. The van der Waals surface area contributed by atoms with Crippen LogP contribution in [0.25, 0.3) is 11.3 Å². The quantitative estimate of drug-likeness (QED) is 0.788. The van der Waals surface area contributed by atoms with Gasteiger partial charge in [0.1, 0.15) is 5.56 Å². The zero-order valence-electron chi connectivity index (χ0n) is 8.18. The number of hydrogen-bond acceptors (Lipinski definition) is 3. The molecule has 0 aromatic carbocycles. The molecule has 16 heavy (non-hydrogen) atoms. The summed E-state index contributed by atoms with van der Waals surface area (Å²) in [5, 5.41) is 8.80. The molecule has 2 N–H and O–H groups in total. The van der Waals surface area contributed by atoms with Crippen molar-refractivity contribution in [2.45, 2.75) is 0 Å². The predicted octanol–water partition coefficient (Wildman–Crippen LogP) is 1.14. The third kappa shape index (κ3) is 1.70. The van der Waals surface area contributed by atoms with Gasteiger partial charge >= 0.3 is 5.97 Å². The Hall–Kier alpha value is -2.43. The highest BCUT2D eigenvalue weighted by Crippen LogP contribution is 2.10. The number of nitrogens with zero attached hydrogens (tertiary/aromatic N) is 1. The average molecular weight is 216 g/mol. The summed E-state index contributed by atoms with van der Waals surface area (Å²) in [6, 6.07) is 5.10. The number of pyridine rings is 2. The van der Waals surface area contributed by atoms with E-state index >= 15 is 0 Å². The second-order valence-electron chi connectivity index (χ2n) is 3.13. The molecule has 2 heterocycles. The Kier molecular flexibility index (Phi) is 2.51. The molecule has 5 nitrogen and oxygen atoms in total. The van der Waals surface area contributed by atoms with Crippen LogP contribution < -0.4 is 5.43 Å². The Bertz CT molecular complexity index is 575. The molecule has 0 saturated heterocycles. The fraction of sp³-hybridized carbons (Fsp3) is 0. The minimum absolute atomic E-state index is 0.250. The van der Waals surface area contributed by atoms with Crippen molar-refractivity contribution in [1.82, 2.24) is 9.97 Å². The lowest BCUT2D eigenvalue weighted by Gasteiger charge is -2.00. The van der Waals surface area contributed by atoms with Crippen molar-refractivity contribution in [3.05, 3.63) is 52.6 Å². The summed E-state index contributed by atoms with van der Waals surface area (Å²) in [5.41, 5.74) is -0.125. The summed E-state index contributed by atoms with van der Waals surface area (Å²) in [4.78, 5) is 29.2. The van der Waals surface area contributed by atoms with Gasteiger partial charge in [-0.1, -0.05) is 6.07 Å². The van der Waals surface area contributed by atoms with Crippen molar-refractivity contribution in [3.8, 4) is 11.3 Å². The number of hydrogen-bond donors (Lipinski definition) is 2. The first-order valence-electron chi connectivity index (χ1n) is 4.56. The number of carboxylic acids is 1. The number of carboxylic acid groups (broad SMARTS) is 1. The van der Waals surface area contributed by atoms with Crippen LogP contribution in [0.5, 0.6) is 0 Å². The van der Waals surface area contributed by atoms with E-state index in [1.807, 2.05) is 0 Å². The maximum Gasteiger partial charge on any atom is 0.341 e. The maximum atomic E-state index is 11.8. The van der Waals surface area contributed by atoms with Gasteiger partial charge in [0.15, 0.2) is 0 Å². The van der Waals surface area contributed by atoms with E-state index in [9.17, 15) is 9.59 Å². The smallest absolute Gasteiger partial charge is 0.341 e. The number of carbonyl (C=O) groups is 1. The third-order valence-electron chi connectivity index (χ3n) is 2.12. The first-order valence-corrected chi connectivity index (χ1v) is 4.56. The Morgan fingerprint density at radius 3 is 2.75 bits per heavy atom. The Morgan fingerprint density at radius 1 is 1.31 bits per heavy atom. The molecular weight excluding hydrogens is 208 g/mol. The van der Waals surface area contributed by atoms with E-state index in [2.05, 4.69) is 9.97 Å². The highest BCUT2D eigenvalue weighted by atomic mass is 16.4. The minimum atomic E-state index is -1.25. The van der Waals surface area contributed by atoms with Crippen molar-refractivity contribution >= 4 is 5.97 Å². The van der Waals surface area contributed by atoms with Gasteiger partial charge in [0.05, 0.1) is 11.3 Å². The van der Waals surface area contributed by atoms with Crippen LogP contribution in [0, 0.1) is 0 Å². The SMILES string of the molecule is O=C(O)c1c[nH]cc(-c2ccccn2)c1=O. The lowest BCUT2D eigenvalue weighted by atomic mass is 10.1. The topological polar surface area (TPSA) is 83.0 Å². The summed E-state index contributed by atoms with van der Waals surface area (Å²) in [6.45, 7) is 0. The molecule has 2 aromatic heterocycles. The van der Waals surface area contributed by atoms with Crippen LogP contribution in [0.15, 0.2) is 41.6 Å². The summed E-state index contributed by atoms with van der Waals surface area (Å²) in [7, 11) is 0. The summed E-state index contributed by atoms with van der Waals surface area (Å²) < 4.78 is 0. The molecule has 0 amide bonds. The molecule has 0 radical (unpaired) electrons. The van der Waals surface area contributed by atoms with Crippen molar-refractivity contribution in [1.29, 1.82) is 0 Å². The standard InChI is InChI=1S/C11H8N2O3/c14-10-7(9-3-1-2-4-13-9)5-12-6-8(10)11(15)16/h1-6H,(H,12,14)(H,15,16). The van der Waals surface area contributed by atoms with E-state index < -0.39 is 11.4 Å². The van der Waals surface area contributed by atoms with Gasteiger partial charge in [0, 0.05) is 18.6 Å². The molecule has 0 fully saturated rings. The molecule has 0 aliphatic carbocycles. The molecule has 0 aliphatic rings. The van der Waals surface area contributed by atoms with E-state index in [0.29, 0.717) is 5.69 Å². The Morgan fingerprint density at radius 2 is 2.12 bits per heavy atom. The largest absolute Gasteiger partial charge is 0.477 e. The van der Waals surface area contributed by atoms with Crippen molar-refractivity contribution < 1.29 is 9.90 Å². The Balaban J connectivity index is 2.64. The molecule has 5 heteroatoms. The van der Waals surface area contributed by atoms with Crippen molar-refractivity contribution in [2.75, 3.05) is 0 Å². The van der Waals surface area contributed by atoms with Gasteiger partial charge in [-0.2, -0.15) is 0 Å². The number of aromatic nitrogens is 2. The van der Waals surface area contributed by atoms with E-state index in [1.54, 1.807) is 24.4 Å². The summed E-state index contributed by atoms with van der Waals surface area (Å²) in [6.07, 6.45) is 4.15. The zero-order valence-corrected chi connectivity index (χ0v) is 8.18. The number of aromatic amines is 1. The number of nitrogens with one attached hydrogen (secondary N) is 1. The van der Waals surface area contributed by atoms with Gasteiger partial charge in [-0.15, -0.1) is 0 Å². The number of H-pyrrole nitrogens is 1. The first kappa shape index (κ1) is 10.1. The molecule has 0 atom stereocenters. The Labute approximate surface area is 90.4 Å². The second kappa shape index (κ2) is 3.98. The molecule has 0 bridgehead atoms. The van der Waals surface area contributed by atoms with Gasteiger partial charge in [0.2, 0.25) is 5.43 Å². The lowest BCUT2D eigenvalue weighted by molar-refractivity contribution is 0.0695. The third-order valence-corrected chi connectivity index (χ3v) is 2.12. The highest BCUT2D eigenvalue weighted by molar-refractivity contribution is 5.88. The van der Waals surface area contributed by atoms with E-state index in [1.165, 1.54) is 6.20 Å². The highest BCUT2D eigenvalue weighted by Gasteiger charge is 2.12. The molecule has 0 aliphatic heterocycles. The molecule has 0 spiro atoms. The normalized spacial score (nSPS) is 10.0. The van der Waals surface area contributed by atoms with Crippen molar-refractivity contribution in [3.63, 3.8) is 0 Å². The maximum absolute atomic E-state index is 11.8. The van der Waals surface area contributed by atoms with Crippen LogP contribution >= 0.6 is 0 Å². The molecular formula is C11H8N2O3. The van der Waals surface area contributed by atoms with Crippen LogP contribution in [-0.4, -0.2) is 21.0 Å². The molecule has 2 aromatic rings. The molecule has 0 saturated carbocycles. The predicted molar refractivity (Wildman–Crippen MR) is 57.3 cm³/mol. The van der Waals surface area contributed by atoms with E-state index in [-0.39, 0.29) is 11.1 Å². The van der Waals surface area contributed by atoms with Crippen LogP contribution in [0.3, 0.4) is 0 Å². The fourth-order valence-corrected chi connectivity index (χ4v) is 1.36. The van der Waals surface area contributed by atoms with Crippen LogP contribution in [0.4, 0.5) is 0 Å². The van der Waals surface area contributed by atoms with Gasteiger partial charge < -0.3 is 10.1 Å². The number of rotatable bonds is 2. The zero-order chi connectivity index (χ0) is 11.5. The van der Waals surface area contributed by atoms with Gasteiger partial charge in [-0.25, -0.2) is 4.79 Å². The summed E-state index contributed by atoms with van der Waals surface area (Å²) >= 11 is 0. The van der Waals surface area contributed by atoms with Crippen LogP contribution in [0.2, 0.25) is 0 Å². The second-order valence-corrected chi connectivity index (χ2v) is 3.13. The molecule has 80 valence electrons. The van der Waals surface area contributed by atoms with Gasteiger partial charge in [-0.05, 0) is 12.1 Å². The van der Waals surface area contributed by atoms with Gasteiger partial charge in [0.25, 0.3) is 0 Å². The molecule has 0 unspecified atom stereocenters. The van der Waals surface area contributed by atoms with Gasteiger partial charge in [-0.3, -0.25) is 9.78 Å². The van der Waals surface area contributed by atoms with Crippen molar-refractivity contribution in [2.24, 2.45) is 0 Å². The minimum Gasteiger partial charge on any atom is -0.477 e. The fourth-order valence-electron chi connectivity index (χ4n) is 1.36. The number of aromatic carboxylic acids is 1. The van der Waals surface area contributed by atoms with E-state index in [4.69, 9.17) is 5.11 Å².